The molecule has 3 nitrogen and oxygen atoms in total. The molecule has 0 amide bonds. The van der Waals surface area contributed by atoms with Gasteiger partial charge in [-0.2, -0.15) is 0 Å². The molecule has 3 aromatic carbocycles. The van der Waals surface area contributed by atoms with E-state index in [2.05, 4.69) is 84.6 Å². The van der Waals surface area contributed by atoms with Gasteiger partial charge in [-0.05, 0) is 23.6 Å². The lowest BCUT2D eigenvalue weighted by Crippen LogP contribution is -2.37. The molecule has 1 unspecified atom stereocenters. The van der Waals surface area contributed by atoms with Crippen molar-refractivity contribution in [3.05, 3.63) is 95.6 Å². The molecule has 0 saturated heterocycles. The van der Waals surface area contributed by atoms with Gasteiger partial charge >= 0.3 is 0 Å². The zero-order chi connectivity index (χ0) is 20.8. The number of aliphatic imine (C=N–C) groups is 1. The summed E-state index contributed by atoms with van der Waals surface area (Å²) in [7, 11) is 1.72. The first kappa shape index (κ1) is 20.2. The summed E-state index contributed by atoms with van der Waals surface area (Å²) in [4.78, 5) is 7.64. The topological polar surface area (TPSA) is 24.8 Å². The monoisotopic (exact) mass is 398 g/mol. The Kier molecular flexibility index (Phi) is 6.48. The normalized spacial score (nSPS) is 15.5. The second-order valence-electron chi connectivity index (χ2n) is 7.84. The molecule has 4 rings (SSSR count). The van der Waals surface area contributed by atoms with Crippen molar-refractivity contribution in [1.82, 2.24) is 4.90 Å². The Bertz CT molecular complexity index is 982. The number of fused-ring (bicyclic) bond motifs is 1. The summed E-state index contributed by atoms with van der Waals surface area (Å²) in [6, 6.07) is 27.9. The first-order chi connectivity index (χ1) is 14.8. The minimum Gasteiger partial charge on any atom is -0.497 e. The van der Waals surface area contributed by atoms with Crippen molar-refractivity contribution in [1.29, 1.82) is 0 Å². The van der Waals surface area contributed by atoms with E-state index in [0.717, 1.165) is 30.8 Å². The molecule has 0 spiro atoms. The number of ether oxygens (including phenoxy) is 1. The fourth-order valence-electron chi connectivity index (χ4n) is 4.19. The molecule has 1 heterocycles. The number of benzene rings is 3. The number of hydrogen-bond acceptors (Lipinski definition) is 3. The first-order valence-corrected chi connectivity index (χ1v) is 10.9. The number of unbranched alkanes of at least 4 members (excludes halogenated alkanes) is 2. The number of rotatable bonds is 8. The van der Waals surface area contributed by atoms with E-state index >= 15 is 0 Å². The lowest BCUT2D eigenvalue weighted by Gasteiger charge is -2.39. The molecule has 3 aromatic rings. The Hall–Kier alpha value is -3.07. The molecule has 0 bridgehead atoms. The molecule has 30 heavy (non-hydrogen) atoms. The zero-order valence-electron chi connectivity index (χ0n) is 17.9. The maximum Gasteiger partial charge on any atom is 0.121 e. The highest BCUT2D eigenvalue weighted by Crippen LogP contribution is 2.42. The van der Waals surface area contributed by atoms with Crippen LogP contribution in [-0.2, 0) is 6.54 Å². The molecule has 0 radical (unpaired) electrons. The van der Waals surface area contributed by atoms with Crippen LogP contribution < -0.4 is 4.74 Å². The molecular weight excluding hydrogens is 368 g/mol. The van der Waals surface area contributed by atoms with Gasteiger partial charge in [0.05, 0.1) is 18.8 Å². The minimum atomic E-state index is 0.140. The van der Waals surface area contributed by atoms with Gasteiger partial charge in [0, 0.05) is 24.6 Å². The molecule has 0 N–H and O–H groups in total. The summed E-state index contributed by atoms with van der Waals surface area (Å²) < 4.78 is 5.49. The van der Waals surface area contributed by atoms with E-state index in [1.54, 1.807) is 7.11 Å². The van der Waals surface area contributed by atoms with Crippen molar-refractivity contribution in [3.8, 4) is 5.75 Å². The average molecular weight is 399 g/mol. The summed E-state index contributed by atoms with van der Waals surface area (Å²) in [6.45, 7) is 3.09. The Morgan fingerprint density at radius 1 is 0.900 bits per heavy atom. The van der Waals surface area contributed by atoms with E-state index in [0.29, 0.717) is 0 Å². The lowest BCUT2D eigenvalue weighted by molar-refractivity contribution is 0.335. The van der Waals surface area contributed by atoms with Crippen LogP contribution in [0.5, 0.6) is 5.75 Å². The number of nitrogens with zero attached hydrogens (tertiary/aromatic N) is 2. The van der Waals surface area contributed by atoms with Crippen LogP contribution in [0.1, 0.15) is 55.3 Å². The zero-order valence-corrected chi connectivity index (χ0v) is 17.9. The Morgan fingerprint density at radius 3 is 2.33 bits per heavy atom. The van der Waals surface area contributed by atoms with Gasteiger partial charge in [0.1, 0.15) is 11.6 Å². The van der Waals surface area contributed by atoms with E-state index < -0.39 is 0 Å². The third-order valence-electron chi connectivity index (χ3n) is 5.74. The lowest BCUT2D eigenvalue weighted by atomic mass is 9.92. The third-order valence-corrected chi connectivity index (χ3v) is 5.74. The maximum atomic E-state index is 5.49. The van der Waals surface area contributed by atoms with E-state index in [1.807, 2.05) is 6.07 Å². The second-order valence-corrected chi connectivity index (χ2v) is 7.84. The second kappa shape index (κ2) is 9.62. The van der Waals surface area contributed by atoms with Crippen LogP contribution in [0.2, 0.25) is 0 Å². The number of hydrogen-bond donors (Lipinski definition) is 0. The van der Waals surface area contributed by atoms with Crippen molar-refractivity contribution in [2.75, 3.05) is 7.11 Å². The van der Waals surface area contributed by atoms with Gasteiger partial charge < -0.3 is 9.64 Å². The smallest absolute Gasteiger partial charge is 0.121 e. The average Bonchev–Trinajstić information content (AvgIpc) is 2.80. The summed E-state index contributed by atoms with van der Waals surface area (Å²) >= 11 is 0. The van der Waals surface area contributed by atoms with Crippen LogP contribution in [0, 0.1) is 0 Å². The maximum absolute atomic E-state index is 5.49. The van der Waals surface area contributed by atoms with Crippen molar-refractivity contribution < 1.29 is 4.74 Å². The van der Waals surface area contributed by atoms with Gasteiger partial charge in [0.25, 0.3) is 0 Å². The first-order valence-electron chi connectivity index (χ1n) is 10.9. The van der Waals surface area contributed by atoms with E-state index in [1.165, 1.54) is 35.4 Å². The third kappa shape index (κ3) is 4.40. The van der Waals surface area contributed by atoms with Crippen LogP contribution in [0.3, 0.4) is 0 Å². The SMILES string of the molecule is CCCCCC1=Nc2cc(OC)ccc2C(c2ccccc2)N1Cc1ccccc1. The van der Waals surface area contributed by atoms with Crippen LogP contribution in [0.25, 0.3) is 0 Å². The molecule has 0 aliphatic carbocycles. The van der Waals surface area contributed by atoms with Gasteiger partial charge in [-0.15, -0.1) is 0 Å². The number of methoxy groups -OCH3 is 1. The molecule has 3 heteroatoms. The van der Waals surface area contributed by atoms with Crippen molar-refractivity contribution in [2.45, 2.75) is 45.2 Å². The van der Waals surface area contributed by atoms with Crippen molar-refractivity contribution in [3.63, 3.8) is 0 Å². The predicted molar refractivity (Wildman–Crippen MR) is 125 cm³/mol. The molecule has 1 aliphatic heterocycles. The molecule has 0 aromatic heterocycles. The summed E-state index contributed by atoms with van der Waals surface area (Å²) in [5.74, 6) is 2.02. The molecule has 154 valence electrons. The van der Waals surface area contributed by atoms with Crippen LogP contribution >= 0.6 is 0 Å². The van der Waals surface area contributed by atoms with Crippen LogP contribution in [-0.4, -0.2) is 17.8 Å². The quantitative estimate of drug-likeness (QED) is 0.385. The summed E-state index contributed by atoms with van der Waals surface area (Å²) in [6.07, 6.45) is 4.57. The Balaban J connectivity index is 1.81. The summed E-state index contributed by atoms with van der Waals surface area (Å²) in [5.41, 5.74) is 4.86. The highest BCUT2D eigenvalue weighted by molar-refractivity contribution is 5.88. The van der Waals surface area contributed by atoms with E-state index in [4.69, 9.17) is 9.73 Å². The molecule has 1 atom stereocenters. The molecule has 0 saturated carbocycles. The van der Waals surface area contributed by atoms with Crippen LogP contribution in [0.4, 0.5) is 5.69 Å². The van der Waals surface area contributed by atoms with Crippen molar-refractivity contribution in [2.24, 2.45) is 4.99 Å². The highest BCUT2D eigenvalue weighted by atomic mass is 16.5. The van der Waals surface area contributed by atoms with Gasteiger partial charge in [0.15, 0.2) is 0 Å². The van der Waals surface area contributed by atoms with E-state index in [-0.39, 0.29) is 6.04 Å². The fraction of sp³-hybridized carbons (Fsp3) is 0.296. The minimum absolute atomic E-state index is 0.140. The van der Waals surface area contributed by atoms with Gasteiger partial charge in [-0.1, -0.05) is 86.5 Å². The predicted octanol–water partition coefficient (Wildman–Crippen LogP) is 6.91. The standard InChI is InChI=1S/C27H30N2O/c1-3-4-7-16-26-28-25-19-23(30-2)17-18-24(25)27(22-14-10-6-11-15-22)29(26)20-21-12-8-5-9-13-21/h5-6,8-15,17-19,27H,3-4,7,16,20H2,1-2H3. The highest BCUT2D eigenvalue weighted by Gasteiger charge is 2.31. The van der Waals surface area contributed by atoms with Gasteiger partial charge in [0.2, 0.25) is 0 Å². The largest absolute Gasteiger partial charge is 0.497 e. The van der Waals surface area contributed by atoms with Crippen LogP contribution in [0.15, 0.2) is 83.9 Å². The number of amidine groups is 1. The van der Waals surface area contributed by atoms with E-state index in [9.17, 15) is 0 Å². The van der Waals surface area contributed by atoms with Gasteiger partial charge in [-0.25, -0.2) is 4.99 Å². The van der Waals surface area contributed by atoms with Crippen molar-refractivity contribution >= 4 is 11.5 Å². The Morgan fingerprint density at radius 2 is 1.63 bits per heavy atom. The summed E-state index contributed by atoms with van der Waals surface area (Å²) in [5, 5.41) is 0. The molecular formula is C27H30N2O. The molecule has 1 aliphatic rings. The molecule has 0 fully saturated rings. The fourth-order valence-corrected chi connectivity index (χ4v) is 4.19. The Labute approximate surface area is 180 Å². The van der Waals surface area contributed by atoms with Gasteiger partial charge in [-0.3, -0.25) is 0 Å².